The highest BCUT2D eigenvalue weighted by Gasteiger charge is 2.42. The molecule has 0 saturated heterocycles. The minimum Gasteiger partial charge on any atom is -0.356 e. The molecular weight excluding hydrogens is 176 g/mol. The first-order chi connectivity index (χ1) is 6.62. The molecule has 0 heterocycles. The number of ether oxygens (including phenoxy) is 1. The highest BCUT2D eigenvalue weighted by molar-refractivity contribution is 4.95. The summed E-state index contributed by atoms with van der Waals surface area (Å²) in [5.41, 5.74) is -0.442. The highest BCUT2D eigenvalue weighted by atomic mass is 16.5. The Hall–Kier alpha value is -0.440. The second-order valence-electron chi connectivity index (χ2n) is 5.03. The summed E-state index contributed by atoms with van der Waals surface area (Å²) in [5, 5.41) is 8.79. The number of rotatable bonds is 5. The SMILES string of the molecule is COC(C)(C)/N=N/C(C1CC1)C1CC1. The first kappa shape index (κ1) is 10.1. The Bertz CT molecular complexity index is 217. The summed E-state index contributed by atoms with van der Waals surface area (Å²) in [4.78, 5) is 0. The summed E-state index contributed by atoms with van der Waals surface area (Å²) in [6, 6.07) is 0.504. The number of hydrogen-bond acceptors (Lipinski definition) is 3. The van der Waals surface area contributed by atoms with Gasteiger partial charge in [-0.3, -0.25) is 0 Å². The van der Waals surface area contributed by atoms with Crippen molar-refractivity contribution in [3.05, 3.63) is 0 Å². The van der Waals surface area contributed by atoms with Crippen molar-refractivity contribution in [1.29, 1.82) is 0 Å². The van der Waals surface area contributed by atoms with E-state index in [4.69, 9.17) is 4.74 Å². The fourth-order valence-corrected chi connectivity index (χ4v) is 1.70. The smallest absolute Gasteiger partial charge is 0.172 e. The lowest BCUT2D eigenvalue weighted by Gasteiger charge is -2.17. The molecule has 2 rings (SSSR count). The fraction of sp³-hybridized carbons (Fsp3) is 1.00. The fourth-order valence-electron chi connectivity index (χ4n) is 1.70. The third-order valence-electron chi connectivity index (χ3n) is 3.14. The van der Waals surface area contributed by atoms with Crippen LogP contribution in [0.2, 0.25) is 0 Å². The average molecular weight is 196 g/mol. The van der Waals surface area contributed by atoms with Crippen LogP contribution in [0.15, 0.2) is 10.2 Å². The molecule has 80 valence electrons. The zero-order valence-corrected chi connectivity index (χ0v) is 9.36. The third kappa shape index (κ3) is 2.53. The summed E-state index contributed by atoms with van der Waals surface area (Å²) >= 11 is 0. The molecular formula is C11H20N2O. The molecule has 0 radical (unpaired) electrons. The van der Waals surface area contributed by atoms with Gasteiger partial charge in [-0.2, -0.15) is 10.2 Å². The number of hydrogen-bond donors (Lipinski definition) is 0. The van der Waals surface area contributed by atoms with E-state index in [1.54, 1.807) is 7.11 Å². The van der Waals surface area contributed by atoms with Gasteiger partial charge < -0.3 is 4.74 Å². The van der Waals surface area contributed by atoms with Crippen LogP contribution >= 0.6 is 0 Å². The molecule has 0 N–H and O–H groups in total. The van der Waals surface area contributed by atoms with E-state index >= 15 is 0 Å². The highest BCUT2D eigenvalue weighted by Crippen LogP contribution is 2.46. The predicted octanol–water partition coefficient (Wildman–Crippen LogP) is 3.01. The quantitative estimate of drug-likeness (QED) is 0.622. The van der Waals surface area contributed by atoms with Gasteiger partial charge in [0.1, 0.15) is 0 Å². The van der Waals surface area contributed by atoms with Gasteiger partial charge in [0.05, 0.1) is 6.04 Å². The molecule has 0 aliphatic heterocycles. The normalized spacial score (nSPS) is 23.7. The maximum absolute atomic E-state index is 5.23. The molecule has 0 aromatic rings. The maximum atomic E-state index is 5.23. The van der Waals surface area contributed by atoms with Gasteiger partial charge in [-0.25, -0.2) is 0 Å². The maximum Gasteiger partial charge on any atom is 0.172 e. The Morgan fingerprint density at radius 1 is 1.14 bits per heavy atom. The van der Waals surface area contributed by atoms with Crippen molar-refractivity contribution >= 4 is 0 Å². The van der Waals surface area contributed by atoms with Crippen LogP contribution in [0.3, 0.4) is 0 Å². The topological polar surface area (TPSA) is 34.0 Å². The number of nitrogens with zero attached hydrogens (tertiary/aromatic N) is 2. The number of methoxy groups -OCH3 is 1. The van der Waals surface area contributed by atoms with Crippen LogP contribution in [0.4, 0.5) is 0 Å². The van der Waals surface area contributed by atoms with Gasteiger partial charge in [-0.15, -0.1) is 0 Å². The van der Waals surface area contributed by atoms with Gasteiger partial charge in [0, 0.05) is 7.11 Å². The molecule has 0 unspecified atom stereocenters. The van der Waals surface area contributed by atoms with E-state index in [2.05, 4.69) is 10.2 Å². The van der Waals surface area contributed by atoms with Gasteiger partial charge in [0.15, 0.2) is 5.72 Å². The van der Waals surface area contributed by atoms with E-state index in [0.29, 0.717) is 6.04 Å². The second-order valence-corrected chi connectivity index (χ2v) is 5.03. The average Bonchev–Trinajstić information content (AvgIpc) is 2.99. The Morgan fingerprint density at radius 2 is 1.64 bits per heavy atom. The van der Waals surface area contributed by atoms with Crippen molar-refractivity contribution in [2.75, 3.05) is 7.11 Å². The number of azo groups is 1. The lowest BCUT2D eigenvalue weighted by Crippen LogP contribution is -2.20. The molecule has 0 spiro atoms. The Labute approximate surface area is 85.9 Å². The Balaban J connectivity index is 1.92. The summed E-state index contributed by atoms with van der Waals surface area (Å²) < 4.78 is 5.23. The van der Waals surface area contributed by atoms with Gasteiger partial charge in [-0.05, 0) is 51.4 Å². The molecule has 3 nitrogen and oxygen atoms in total. The van der Waals surface area contributed by atoms with Crippen molar-refractivity contribution in [2.24, 2.45) is 22.1 Å². The van der Waals surface area contributed by atoms with Crippen LogP contribution in [-0.4, -0.2) is 18.9 Å². The van der Waals surface area contributed by atoms with Gasteiger partial charge in [-0.1, -0.05) is 0 Å². The van der Waals surface area contributed by atoms with Crippen molar-refractivity contribution in [3.8, 4) is 0 Å². The van der Waals surface area contributed by atoms with E-state index in [0.717, 1.165) is 11.8 Å². The molecule has 0 amide bonds. The lowest BCUT2D eigenvalue weighted by molar-refractivity contribution is 0.0225. The van der Waals surface area contributed by atoms with Crippen LogP contribution < -0.4 is 0 Å². The first-order valence-corrected chi connectivity index (χ1v) is 5.59. The zero-order chi connectivity index (χ0) is 10.2. The Kier molecular flexibility index (Phi) is 2.60. The van der Waals surface area contributed by atoms with E-state index in [9.17, 15) is 0 Å². The largest absolute Gasteiger partial charge is 0.356 e. The van der Waals surface area contributed by atoms with Crippen LogP contribution in [-0.2, 0) is 4.74 Å². The van der Waals surface area contributed by atoms with Crippen LogP contribution in [0.5, 0.6) is 0 Å². The second kappa shape index (κ2) is 3.61. The van der Waals surface area contributed by atoms with Crippen LogP contribution in [0.25, 0.3) is 0 Å². The van der Waals surface area contributed by atoms with Crippen molar-refractivity contribution in [1.82, 2.24) is 0 Å². The minimum atomic E-state index is -0.442. The zero-order valence-electron chi connectivity index (χ0n) is 9.36. The molecule has 2 aliphatic carbocycles. The molecule has 2 fully saturated rings. The van der Waals surface area contributed by atoms with Crippen LogP contribution in [0.1, 0.15) is 39.5 Å². The molecule has 0 aromatic carbocycles. The standard InChI is InChI=1S/C11H20N2O/c1-11(2,14-3)13-12-10(8-4-5-8)9-6-7-9/h8-10H,4-7H2,1-3H3/b13-12+. The third-order valence-corrected chi connectivity index (χ3v) is 3.14. The summed E-state index contributed by atoms with van der Waals surface area (Å²) in [6.07, 6.45) is 5.42. The van der Waals surface area contributed by atoms with Gasteiger partial charge in [0.25, 0.3) is 0 Å². The molecule has 0 bridgehead atoms. The molecule has 2 aliphatic rings. The first-order valence-electron chi connectivity index (χ1n) is 5.59. The summed E-state index contributed by atoms with van der Waals surface area (Å²) in [6.45, 7) is 3.90. The van der Waals surface area contributed by atoms with E-state index in [1.165, 1.54) is 25.7 Å². The van der Waals surface area contributed by atoms with Gasteiger partial charge in [0.2, 0.25) is 0 Å². The summed E-state index contributed by atoms with van der Waals surface area (Å²) in [5.74, 6) is 1.66. The molecule has 3 heteroatoms. The lowest BCUT2D eigenvalue weighted by atomic mass is 10.1. The Morgan fingerprint density at radius 3 is 2.00 bits per heavy atom. The molecule has 0 aromatic heterocycles. The molecule has 0 atom stereocenters. The van der Waals surface area contributed by atoms with E-state index in [-0.39, 0.29) is 0 Å². The summed E-state index contributed by atoms with van der Waals surface area (Å²) in [7, 11) is 1.68. The van der Waals surface area contributed by atoms with E-state index < -0.39 is 5.72 Å². The molecule has 14 heavy (non-hydrogen) atoms. The molecule has 2 saturated carbocycles. The minimum absolute atomic E-state index is 0.442. The van der Waals surface area contributed by atoms with Crippen molar-refractivity contribution in [3.63, 3.8) is 0 Å². The van der Waals surface area contributed by atoms with Crippen molar-refractivity contribution < 1.29 is 4.74 Å². The van der Waals surface area contributed by atoms with Crippen LogP contribution in [0, 0.1) is 11.8 Å². The van der Waals surface area contributed by atoms with E-state index in [1.807, 2.05) is 13.8 Å². The van der Waals surface area contributed by atoms with Gasteiger partial charge >= 0.3 is 0 Å². The van der Waals surface area contributed by atoms with Crippen molar-refractivity contribution in [2.45, 2.75) is 51.3 Å². The monoisotopic (exact) mass is 196 g/mol. The predicted molar refractivity (Wildman–Crippen MR) is 55.2 cm³/mol.